The van der Waals surface area contributed by atoms with E-state index in [1.807, 2.05) is 18.7 Å². The summed E-state index contributed by atoms with van der Waals surface area (Å²) < 4.78 is 48.1. The summed E-state index contributed by atoms with van der Waals surface area (Å²) in [5, 5.41) is 0.538. The van der Waals surface area contributed by atoms with Crippen LogP contribution in [0, 0.1) is 13.8 Å². The van der Waals surface area contributed by atoms with Crippen molar-refractivity contribution in [2.75, 3.05) is 18.0 Å². The van der Waals surface area contributed by atoms with Gasteiger partial charge in [-0.25, -0.2) is 19.1 Å². The van der Waals surface area contributed by atoms with Crippen molar-refractivity contribution in [2.24, 2.45) is 0 Å². The zero-order valence-corrected chi connectivity index (χ0v) is 25.1. The molecule has 0 radical (unpaired) electrons. The van der Waals surface area contributed by atoms with Crippen molar-refractivity contribution in [3.8, 4) is 5.69 Å². The fourth-order valence-corrected chi connectivity index (χ4v) is 5.09. The Kier molecular flexibility index (Phi) is 8.03. The zero-order chi connectivity index (χ0) is 30.6. The van der Waals surface area contributed by atoms with Crippen LogP contribution in [0.1, 0.15) is 64.3 Å². The number of alkyl halides is 3. The molecule has 9 nitrogen and oxygen atoms in total. The van der Waals surface area contributed by atoms with Crippen LogP contribution in [0.15, 0.2) is 23.1 Å². The minimum Gasteiger partial charge on any atom is -0.444 e. The van der Waals surface area contributed by atoms with E-state index in [0.717, 1.165) is 11.5 Å². The van der Waals surface area contributed by atoms with Crippen LogP contribution in [-0.2, 0) is 4.74 Å². The molecule has 4 heterocycles. The fourth-order valence-electron chi connectivity index (χ4n) is 4.96. The van der Waals surface area contributed by atoms with Crippen LogP contribution >= 0.6 is 11.6 Å². The summed E-state index contributed by atoms with van der Waals surface area (Å²) in [6.45, 7) is 14.1. The smallest absolute Gasteiger partial charge is 0.410 e. The van der Waals surface area contributed by atoms with Gasteiger partial charge in [-0.2, -0.15) is 18.2 Å². The van der Waals surface area contributed by atoms with E-state index in [4.69, 9.17) is 16.3 Å². The summed E-state index contributed by atoms with van der Waals surface area (Å²) in [5.41, 5.74) is -0.757. The Morgan fingerprint density at radius 1 is 1.10 bits per heavy atom. The van der Waals surface area contributed by atoms with Crippen molar-refractivity contribution in [2.45, 2.75) is 85.2 Å². The Balaban J connectivity index is 1.90. The number of ether oxygens (including phenoxy) is 1. The molecular formula is C28H34ClF3N6O3. The van der Waals surface area contributed by atoms with Gasteiger partial charge < -0.3 is 14.5 Å². The number of rotatable bonds is 3. The summed E-state index contributed by atoms with van der Waals surface area (Å²) in [4.78, 5) is 43.0. The number of fused-ring (bicyclic) bond motifs is 1. The SMILES string of the molecule is Cc1cc2c(N3C[C@@H](C)N(C(=O)OC(C)(C)C)C[C@@H]3C)nc(=O)n(-c3c(C)ccnc3C(C)C(F)(F)F)c2nc1Cl. The second kappa shape index (κ2) is 10.8. The van der Waals surface area contributed by atoms with Gasteiger partial charge in [0, 0.05) is 31.4 Å². The molecule has 1 aliphatic rings. The molecule has 1 aliphatic heterocycles. The number of aryl methyl sites for hydroxylation is 2. The largest absolute Gasteiger partial charge is 0.444 e. The molecule has 0 aromatic carbocycles. The molecule has 3 atom stereocenters. The molecule has 0 N–H and O–H groups in total. The van der Waals surface area contributed by atoms with Crippen molar-refractivity contribution in [1.29, 1.82) is 0 Å². The van der Waals surface area contributed by atoms with Crippen molar-refractivity contribution in [3.05, 3.63) is 50.8 Å². The second-order valence-corrected chi connectivity index (χ2v) is 12.0. The van der Waals surface area contributed by atoms with Gasteiger partial charge in [-0.1, -0.05) is 11.6 Å². The van der Waals surface area contributed by atoms with Gasteiger partial charge in [0.2, 0.25) is 0 Å². The Morgan fingerprint density at radius 2 is 1.76 bits per heavy atom. The number of carbonyl (C=O) groups is 1. The Morgan fingerprint density at radius 3 is 2.37 bits per heavy atom. The molecule has 222 valence electrons. The molecule has 41 heavy (non-hydrogen) atoms. The van der Waals surface area contributed by atoms with Crippen LogP contribution in [0.4, 0.5) is 23.8 Å². The maximum atomic E-state index is 13.8. The molecule has 1 fully saturated rings. The molecule has 1 saturated heterocycles. The third-order valence-electron chi connectivity index (χ3n) is 7.14. The summed E-state index contributed by atoms with van der Waals surface area (Å²) in [5.74, 6) is -1.65. The first-order valence-electron chi connectivity index (χ1n) is 13.3. The van der Waals surface area contributed by atoms with E-state index in [1.54, 1.807) is 45.6 Å². The number of anilines is 1. The molecule has 3 aromatic heterocycles. The molecule has 1 unspecified atom stereocenters. The van der Waals surface area contributed by atoms with Gasteiger partial charge in [-0.15, -0.1) is 0 Å². The van der Waals surface area contributed by atoms with Crippen LogP contribution in [0.3, 0.4) is 0 Å². The van der Waals surface area contributed by atoms with Crippen molar-refractivity contribution < 1.29 is 22.7 Å². The lowest BCUT2D eigenvalue weighted by atomic mass is 10.0. The third kappa shape index (κ3) is 5.98. The Hall–Kier alpha value is -3.41. The predicted octanol–water partition coefficient (Wildman–Crippen LogP) is 5.95. The Bertz CT molecular complexity index is 1550. The molecule has 1 amide bonds. The van der Waals surface area contributed by atoms with Crippen LogP contribution in [0.2, 0.25) is 5.15 Å². The third-order valence-corrected chi connectivity index (χ3v) is 7.52. The number of pyridine rings is 2. The van der Waals surface area contributed by atoms with E-state index in [1.165, 1.54) is 12.3 Å². The minimum absolute atomic E-state index is 0.0324. The van der Waals surface area contributed by atoms with Gasteiger partial charge in [-0.05, 0) is 78.6 Å². The average molecular weight is 595 g/mol. The minimum atomic E-state index is -4.59. The van der Waals surface area contributed by atoms with Crippen LogP contribution in [0.5, 0.6) is 0 Å². The summed E-state index contributed by atoms with van der Waals surface area (Å²) in [6, 6.07) is 2.69. The first kappa shape index (κ1) is 30.5. The number of piperazine rings is 1. The highest BCUT2D eigenvalue weighted by atomic mass is 35.5. The van der Waals surface area contributed by atoms with E-state index in [2.05, 4.69) is 15.0 Å². The van der Waals surface area contributed by atoms with E-state index >= 15 is 0 Å². The summed E-state index contributed by atoms with van der Waals surface area (Å²) in [6.07, 6.45) is -3.75. The lowest BCUT2D eigenvalue weighted by Gasteiger charge is -2.44. The van der Waals surface area contributed by atoms with E-state index in [0.29, 0.717) is 35.4 Å². The lowest BCUT2D eigenvalue weighted by Crippen LogP contribution is -2.59. The van der Waals surface area contributed by atoms with E-state index in [9.17, 15) is 22.8 Å². The topological polar surface area (TPSA) is 93.5 Å². The highest BCUT2D eigenvalue weighted by molar-refractivity contribution is 6.30. The van der Waals surface area contributed by atoms with Crippen LogP contribution in [0.25, 0.3) is 16.7 Å². The van der Waals surface area contributed by atoms with Crippen molar-refractivity contribution in [3.63, 3.8) is 0 Å². The molecule has 0 aliphatic carbocycles. The highest BCUT2D eigenvalue weighted by Gasteiger charge is 2.41. The van der Waals surface area contributed by atoms with Crippen molar-refractivity contribution >= 4 is 34.5 Å². The number of amides is 1. The van der Waals surface area contributed by atoms with Gasteiger partial charge in [0.1, 0.15) is 16.6 Å². The maximum Gasteiger partial charge on any atom is 0.410 e. The first-order valence-corrected chi connectivity index (χ1v) is 13.7. The molecule has 0 bridgehead atoms. The molecule has 13 heteroatoms. The quantitative estimate of drug-likeness (QED) is 0.346. The fraction of sp³-hybridized carbons (Fsp3) is 0.536. The van der Waals surface area contributed by atoms with Gasteiger partial charge in [-0.3, -0.25) is 4.98 Å². The lowest BCUT2D eigenvalue weighted by molar-refractivity contribution is -0.147. The van der Waals surface area contributed by atoms with Gasteiger partial charge in [0.15, 0.2) is 5.65 Å². The molecular weight excluding hydrogens is 561 g/mol. The van der Waals surface area contributed by atoms with E-state index < -0.39 is 29.5 Å². The normalized spacial score (nSPS) is 19.0. The summed E-state index contributed by atoms with van der Waals surface area (Å²) >= 11 is 6.40. The zero-order valence-electron chi connectivity index (χ0n) is 24.3. The van der Waals surface area contributed by atoms with Gasteiger partial charge in [0.25, 0.3) is 0 Å². The van der Waals surface area contributed by atoms with E-state index in [-0.39, 0.29) is 34.3 Å². The molecule has 4 rings (SSSR count). The monoisotopic (exact) mass is 594 g/mol. The van der Waals surface area contributed by atoms with Crippen LogP contribution < -0.4 is 10.6 Å². The summed E-state index contributed by atoms with van der Waals surface area (Å²) in [7, 11) is 0. The van der Waals surface area contributed by atoms with Crippen molar-refractivity contribution in [1.82, 2.24) is 24.4 Å². The standard InChI is InChI=1S/C28H34ClF3N6O3/c1-14-9-10-33-20(18(5)28(30,31)32)21(14)38-24-19(11-15(2)22(29)34-24)23(35-25(38)39)36-12-17(4)37(13-16(36)3)26(40)41-27(6,7)8/h9-11,16-18H,12-13H2,1-8H3/t16-,17+,18?/m0/s1. The van der Waals surface area contributed by atoms with Crippen LogP contribution in [-0.4, -0.2) is 67.5 Å². The first-order chi connectivity index (χ1) is 18.9. The van der Waals surface area contributed by atoms with Gasteiger partial charge >= 0.3 is 18.0 Å². The number of halogens is 4. The number of aromatic nitrogens is 4. The molecule has 3 aromatic rings. The second-order valence-electron chi connectivity index (χ2n) is 11.6. The molecule has 0 spiro atoms. The number of carbonyl (C=O) groups excluding carboxylic acids is 1. The highest BCUT2D eigenvalue weighted by Crippen LogP contribution is 2.38. The number of hydrogen-bond donors (Lipinski definition) is 0. The van der Waals surface area contributed by atoms with Gasteiger partial charge in [0.05, 0.1) is 22.7 Å². The number of nitrogens with zero attached hydrogens (tertiary/aromatic N) is 6. The Labute approximate surface area is 241 Å². The maximum absolute atomic E-state index is 13.8. The molecule has 0 saturated carbocycles. The number of hydrogen-bond acceptors (Lipinski definition) is 7. The predicted molar refractivity (Wildman–Crippen MR) is 151 cm³/mol. The average Bonchev–Trinajstić information content (AvgIpc) is 2.84.